The number of carbonyl (C=O) groups is 2. The molecule has 0 bridgehead atoms. The van der Waals surface area contributed by atoms with Crippen LogP contribution in [0, 0.1) is 0 Å². The van der Waals surface area contributed by atoms with Gasteiger partial charge in [-0.15, -0.1) is 0 Å². The van der Waals surface area contributed by atoms with Crippen LogP contribution in [-0.2, 0) is 20.5 Å². The minimum absolute atomic E-state index is 0.0934. The van der Waals surface area contributed by atoms with Gasteiger partial charge in [-0.2, -0.15) is 22.0 Å². The predicted octanol–water partition coefficient (Wildman–Crippen LogP) is 4.50. The van der Waals surface area contributed by atoms with Crippen LogP contribution in [0.2, 0.25) is 0 Å². The van der Waals surface area contributed by atoms with Gasteiger partial charge < -0.3 is 14.8 Å². The molecular weight excluding hydrogens is 401 g/mol. The van der Waals surface area contributed by atoms with E-state index in [1.54, 1.807) is 0 Å². The zero-order chi connectivity index (χ0) is 21.4. The van der Waals surface area contributed by atoms with Gasteiger partial charge in [-0.3, -0.25) is 4.79 Å². The molecule has 0 saturated heterocycles. The van der Waals surface area contributed by atoms with Crippen molar-refractivity contribution in [2.24, 2.45) is 0 Å². The summed E-state index contributed by atoms with van der Waals surface area (Å²) in [6.45, 7) is -3.63. The molecule has 0 heterocycles. The first-order chi connectivity index (χ1) is 13.6. The maximum Gasteiger partial charge on any atom is 0.416 e. The third-order valence-corrected chi connectivity index (χ3v) is 3.33. The molecule has 0 unspecified atom stereocenters. The maximum absolute atomic E-state index is 12.6. The van der Waals surface area contributed by atoms with Crippen molar-refractivity contribution < 1.29 is 41.0 Å². The smallest absolute Gasteiger partial charge is 0.416 e. The summed E-state index contributed by atoms with van der Waals surface area (Å²) in [7, 11) is 0. The number of halogens is 5. The number of anilines is 1. The average molecular weight is 415 g/mol. The molecule has 0 aliphatic heterocycles. The highest BCUT2D eigenvalue weighted by atomic mass is 19.4. The van der Waals surface area contributed by atoms with Crippen molar-refractivity contribution in [3.63, 3.8) is 0 Å². The van der Waals surface area contributed by atoms with Gasteiger partial charge in [-0.1, -0.05) is 12.1 Å². The van der Waals surface area contributed by atoms with E-state index in [2.05, 4.69) is 14.8 Å². The number of ether oxygens (including phenoxy) is 2. The number of hydrogen-bond donors (Lipinski definition) is 1. The lowest BCUT2D eigenvalue weighted by Crippen LogP contribution is -2.20. The molecule has 0 atom stereocenters. The van der Waals surface area contributed by atoms with Gasteiger partial charge in [0.2, 0.25) is 0 Å². The fourth-order valence-electron chi connectivity index (χ4n) is 2.08. The Kier molecular flexibility index (Phi) is 7.29. The van der Waals surface area contributed by atoms with Gasteiger partial charge in [-0.25, -0.2) is 4.79 Å². The summed E-state index contributed by atoms with van der Waals surface area (Å²) >= 11 is 0. The molecule has 0 aliphatic rings. The number of alkyl halides is 5. The van der Waals surface area contributed by atoms with Gasteiger partial charge in [-0.05, 0) is 48.0 Å². The molecule has 0 fully saturated rings. The van der Waals surface area contributed by atoms with Crippen molar-refractivity contribution in [3.8, 4) is 5.75 Å². The average Bonchev–Trinajstić information content (AvgIpc) is 2.65. The number of benzene rings is 2. The number of carbonyl (C=O) groups excluding carboxylic acids is 2. The standard InChI is InChI=1S/C19H14F5NO4/c20-18(21)29-15-7-5-14(6-8-15)25-16(26)11-28-17(27)9-4-12-2-1-3-13(10-12)19(22,23)24/h1-10,18H,11H2,(H,25,26). The second-order valence-corrected chi connectivity index (χ2v) is 5.52. The van der Waals surface area contributed by atoms with Crippen LogP contribution in [0.15, 0.2) is 54.6 Å². The molecule has 2 aromatic rings. The molecule has 2 aromatic carbocycles. The molecule has 2 rings (SSSR count). The Morgan fingerprint density at radius 3 is 2.38 bits per heavy atom. The predicted molar refractivity (Wildman–Crippen MR) is 93.1 cm³/mol. The van der Waals surface area contributed by atoms with E-state index in [1.165, 1.54) is 36.4 Å². The van der Waals surface area contributed by atoms with E-state index in [0.717, 1.165) is 24.3 Å². The van der Waals surface area contributed by atoms with Crippen molar-refractivity contribution in [2.45, 2.75) is 12.8 Å². The minimum atomic E-state index is -4.51. The Morgan fingerprint density at radius 1 is 1.07 bits per heavy atom. The van der Waals surface area contributed by atoms with Gasteiger partial charge in [0.05, 0.1) is 5.56 Å². The number of amides is 1. The van der Waals surface area contributed by atoms with Crippen molar-refractivity contribution >= 4 is 23.6 Å². The van der Waals surface area contributed by atoms with Crippen LogP contribution >= 0.6 is 0 Å². The minimum Gasteiger partial charge on any atom is -0.452 e. The lowest BCUT2D eigenvalue weighted by atomic mass is 10.1. The molecule has 0 spiro atoms. The Labute approximate surface area is 161 Å². The lowest BCUT2D eigenvalue weighted by molar-refractivity contribution is -0.142. The van der Waals surface area contributed by atoms with Crippen molar-refractivity contribution in [3.05, 3.63) is 65.7 Å². The normalized spacial score (nSPS) is 11.5. The van der Waals surface area contributed by atoms with Crippen LogP contribution in [0.25, 0.3) is 6.08 Å². The molecular formula is C19H14F5NO4. The summed E-state index contributed by atoms with van der Waals surface area (Å²) < 4.78 is 70.9. The largest absolute Gasteiger partial charge is 0.452 e. The third kappa shape index (κ3) is 7.60. The van der Waals surface area contributed by atoms with Crippen LogP contribution in [0.4, 0.5) is 27.6 Å². The second-order valence-electron chi connectivity index (χ2n) is 5.52. The zero-order valence-electron chi connectivity index (χ0n) is 14.6. The molecule has 0 aromatic heterocycles. The van der Waals surface area contributed by atoms with Crippen LogP contribution in [0.1, 0.15) is 11.1 Å². The van der Waals surface area contributed by atoms with E-state index in [0.29, 0.717) is 0 Å². The highest BCUT2D eigenvalue weighted by Gasteiger charge is 2.30. The van der Waals surface area contributed by atoms with E-state index >= 15 is 0 Å². The van der Waals surface area contributed by atoms with Crippen molar-refractivity contribution in [1.29, 1.82) is 0 Å². The quantitative estimate of drug-likeness (QED) is 0.411. The van der Waals surface area contributed by atoms with Crippen molar-refractivity contribution in [2.75, 3.05) is 11.9 Å². The van der Waals surface area contributed by atoms with E-state index in [9.17, 15) is 31.5 Å². The molecule has 10 heteroatoms. The number of nitrogens with one attached hydrogen (secondary N) is 1. The van der Waals surface area contributed by atoms with Crippen molar-refractivity contribution in [1.82, 2.24) is 0 Å². The number of rotatable bonds is 7. The maximum atomic E-state index is 12.6. The van der Waals surface area contributed by atoms with E-state index in [-0.39, 0.29) is 17.0 Å². The highest BCUT2D eigenvalue weighted by Crippen LogP contribution is 2.29. The molecule has 1 N–H and O–H groups in total. The zero-order valence-corrected chi connectivity index (χ0v) is 14.6. The molecule has 29 heavy (non-hydrogen) atoms. The van der Waals surface area contributed by atoms with Crippen LogP contribution in [0.3, 0.4) is 0 Å². The number of hydrogen-bond acceptors (Lipinski definition) is 4. The summed E-state index contributed by atoms with van der Waals surface area (Å²) in [5, 5.41) is 2.37. The van der Waals surface area contributed by atoms with Gasteiger partial charge >= 0.3 is 18.8 Å². The fourth-order valence-corrected chi connectivity index (χ4v) is 2.08. The Morgan fingerprint density at radius 2 is 1.76 bits per heavy atom. The highest BCUT2D eigenvalue weighted by molar-refractivity contribution is 5.94. The van der Waals surface area contributed by atoms with Crippen LogP contribution in [-0.4, -0.2) is 25.1 Å². The molecule has 0 aliphatic carbocycles. The Hall–Kier alpha value is -3.43. The first kappa shape index (κ1) is 21.9. The van der Waals surface area contributed by atoms with Gasteiger partial charge in [0.1, 0.15) is 5.75 Å². The summed E-state index contributed by atoms with van der Waals surface area (Å²) in [6.07, 6.45) is -2.50. The number of esters is 1. The molecule has 5 nitrogen and oxygen atoms in total. The Balaban J connectivity index is 1.83. The summed E-state index contributed by atoms with van der Waals surface area (Å²) in [5.74, 6) is -1.73. The third-order valence-electron chi connectivity index (χ3n) is 3.33. The first-order valence-electron chi connectivity index (χ1n) is 8.00. The first-order valence-corrected chi connectivity index (χ1v) is 8.00. The molecule has 1 amide bonds. The lowest BCUT2D eigenvalue weighted by Gasteiger charge is -2.08. The topological polar surface area (TPSA) is 64.6 Å². The summed E-state index contributed by atoms with van der Waals surface area (Å²) in [4.78, 5) is 23.3. The summed E-state index contributed by atoms with van der Waals surface area (Å²) in [5.41, 5.74) is -0.475. The van der Waals surface area contributed by atoms with Crippen LogP contribution < -0.4 is 10.1 Å². The monoisotopic (exact) mass is 415 g/mol. The Bertz CT molecular complexity index is 879. The van der Waals surface area contributed by atoms with E-state index < -0.39 is 36.8 Å². The SMILES string of the molecule is O=C(COC(=O)C=Cc1cccc(C(F)(F)F)c1)Nc1ccc(OC(F)F)cc1. The van der Waals surface area contributed by atoms with Gasteiger partial charge in [0.25, 0.3) is 5.91 Å². The molecule has 0 saturated carbocycles. The van der Waals surface area contributed by atoms with Crippen LogP contribution in [0.5, 0.6) is 5.75 Å². The summed E-state index contributed by atoms with van der Waals surface area (Å²) in [6, 6.07) is 9.36. The van der Waals surface area contributed by atoms with Gasteiger partial charge in [0.15, 0.2) is 6.61 Å². The van der Waals surface area contributed by atoms with E-state index in [1.807, 2.05) is 0 Å². The molecule has 154 valence electrons. The van der Waals surface area contributed by atoms with Gasteiger partial charge in [0, 0.05) is 11.8 Å². The molecule has 0 radical (unpaired) electrons. The second kappa shape index (κ2) is 9.67. The fraction of sp³-hybridized carbons (Fsp3) is 0.158. The van der Waals surface area contributed by atoms with E-state index in [4.69, 9.17) is 0 Å².